The van der Waals surface area contributed by atoms with E-state index in [0.717, 1.165) is 15.6 Å². The summed E-state index contributed by atoms with van der Waals surface area (Å²) in [7, 11) is 0. The number of rotatable bonds is 2. The Morgan fingerprint density at radius 3 is 2.45 bits per heavy atom. The van der Waals surface area contributed by atoms with Crippen LogP contribution in [-0.4, -0.2) is 0 Å². The van der Waals surface area contributed by atoms with E-state index in [0.29, 0.717) is 0 Å². The van der Waals surface area contributed by atoms with Crippen molar-refractivity contribution in [3.05, 3.63) is 81.8 Å². The normalized spacial score (nSPS) is 12.6. The zero-order chi connectivity index (χ0) is 14.1. The van der Waals surface area contributed by atoms with Crippen molar-refractivity contribution >= 4 is 26.7 Å². The van der Waals surface area contributed by atoms with Gasteiger partial charge in [0.2, 0.25) is 0 Å². The lowest BCUT2D eigenvalue weighted by Gasteiger charge is -2.16. The molecule has 0 fully saturated rings. The van der Waals surface area contributed by atoms with Crippen LogP contribution in [0.1, 0.15) is 22.7 Å². The second-order valence-electron chi connectivity index (χ2n) is 5.04. The maximum Gasteiger partial charge on any atom is 0.0554 e. The summed E-state index contributed by atoms with van der Waals surface area (Å²) in [5, 5.41) is 2.47. The summed E-state index contributed by atoms with van der Waals surface area (Å²) in [5.74, 6) is 0. The van der Waals surface area contributed by atoms with Crippen molar-refractivity contribution in [2.75, 3.05) is 0 Å². The Morgan fingerprint density at radius 2 is 1.65 bits per heavy atom. The van der Waals surface area contributed by atoms with E-state index in [2.05, 4.69) is 71.4 Å². The van der Waals surface area contributed by atoms with Crippen molar-refractivity contribution in [3.8, 4) is 0 Å². The average molecular weight is 326 g/mol. The third kappa shape index (κ3) is 2.37. The van der Waals surface area contributed by atoms with Crippen LogP contribution < -0.4 is 5.73 Å². The average Bonchev–Trinajstić information content (AvgIpc) is 2.49. The molecule has 1 nitrogen and oxygen atoms in total. The van der Waals surface area contributed by atoms with Crippen LogP contribution in [-0.2, 0) is 0 Å². The molecule has 0 saturated heterocycles. The molecular formula is C18H16BrN. The lowest BCUT2D eigenvalue weighted by molar-refractivity contribution is 0.862. The van der Waals surface area contributed by atoms with Crippen molar-refractivity contribution in [3.63, 3.8) is 0 Å². The van der Waals surface area contributed by atoms with Gasteiger partial charge in [-0.3, -0.25) is 0 Å². The van der Waals surface area contributed by atoms with E-state index in [1.54, 1.807) is 0 Å². The highest BCUT2D eigenvalue weighted by molar-refractivity contribution is 9.10. The van der Waals surface area contributed by atoms with Gasteiger partial charge in [-0.25, -0.2) is 0 Å². The van der Waals surface area contributed by atoms with Crippen LogP contribution in [0.4, 0.5) is 0 Å². The highest BCUT2D eigenvalue weighted by Gasteiger charge is 2.13. The number of hydrogen-bond acceptors (Lipinski definition) is 1. The van der Waals surface area contributed by atoms with E-state index >= 15 is 0 Å². The lowest BCUT2D eigenvalue weighted by Crippen LogP contribution is -2.13. The van der Waals surface area contributed by atoms with Crippen LogP contribution in [0.15, 0.2) is 65.1 Å². The quantitative estimate of drug-likeness (QED) is 0.708. The van der Waals surface area contributed by atoms with Gasteiger partial charge in [0.1, 0.15) is 0 Å². The monoisotopic (exact) mass is 325 g/mol. The summed E-state index contributed by atoms with van der Waals surface area (Å²) < 4.78 is 1.10. The third-order valence-corrected chi connectivity index (χ3v) is 4.64. The molecule has 0 aliphatic heterocycles. The Bertz CT molecular complexity index is 764. The van der Waals surface area contributed by atoms with E-state index in [1.165, 1.54) is 16.3 Å². The van der Waals surface area contributed by atoms with E-state index in [1.807, 2.05) is 12.1 Å². The smallest absolute Gasteiger partial charge is 0.0554 e. The fraction of sp³-hybridized carbons (Fsp3) is 0.111. The molecule has 0 spiro atoms. The zero-order valence-electron chi connectivity index (χ0n) is 11.3. The summed E-state index contributed by atoms with van der Waals surface area (Å²) >= 11 is 3.57. The van der Waals surface area contributed by atoms with Gasteiger partial charge in [0.25, 0.3) is 0 Å². The minimum atomic E-state index is -0.0999. The largest absolute Gasteiger partial charge is 0.320 e. The SMILES string of the molecule is Cc1c(Br)cccc1C(N)c1ccc2ccccc2c1. The molecule has 100 valence electrons. The number of benzene rings is 3. The molecule has 2 heteroatoms. The van der Waals surface area contributed by atoms with Gasteiger partial charge in [0.15, 0.2) is 0 Å². The second kappa shape index (κ2) is 5.39. The van der Waals surface area contributed by atoms with Crippen molar-refractivity contribution in [1.82, 2.24) is 0 Å². The molecule has 20 heavy (non-hydrogen) atoms. The Kier molecular flexibility index (Phi) is 3.60. The number of fused-ring (bicyclic) bond motifs is 1. The number of nitrogens with two attached hydrogens (primary N) is 1. The predicted octanol–water partition coefficient (Wildman–Crippen LogP) is 4.96. The Labute approximate surface area is 127 Å². The number of hydrogen-bond donors (Lipinski definition) is 1. The standard InChI is InChI=1S/C18H16BrN/c1-12-16(7-4-8-17(12)19)18(20)15-10-9-13-5-2-3-6-14(13)11-15/h2-11,18H,20H2,1H3. The topological polar surface area (TPSA) is 26.0 Å². The van der Waals surface area contributed by atoms with Gasteiger partial charge in [0, 0.05) is 4.47 Å². The third-order valence-electron chi connectivity index (χ3n) is 3.78. The minimum Gasteiger partial charge on any atom is -0.320 e. The van der Waals surface area contributed by atoms with Gasteiger partial charge in [-0.1, -0.05) is 64.5 Å². The molecule has 1 atom stereocenters. The molecular weight excluding hydrogens is 310 g/mol. The van der Waals surface area contributed by atoms with Crippen molar-refractivity contribution in [2.24, 2.45) is 5.73 Å². The van der Waals surface area contributed by atoms with Gasteiger partial charge in [-0.2, -0.15) is 0 Å². The first-order valence-corrected chi connectivity index (χ1v) is 7.45. The number of halogens is 1. The van der Waals surface area contributed by atoms with Crippen LogP contribution in [0.2, 0.25) is 0 Å². The predicted molar refractivity (Wildman–Crippen MR) is 88.9 cm³/mol. The maximum absolute atomic E-state index is 6.46. The molecule has 3 rings (SSSR count). The van der Waals surface area contributed by atoms with Crippen molar-refractivity contribution in [1.29, 1.82) is 0 Å². The maximum atomic E-state index is 6.46. The first kappa shape index (κ1) is 13.3. The summed E-state index contributed by atoms with van der Waals surface area (Å²) in [4.78, 5) is 0. The lowest BCUT2D eigenvalue weighted by atomic mass is 9.94. The van der Waals surface area contributed by atoms with Gasteiger partial charge >= 0.3 is 0 Å². The molecule has 0 saturated carbocycles. The Balaban J connectivity index is 2.08. The Hall–Kier alpha value is -1.64. The van der Waals surface area contributed by atoms with E-state index < -0.39 is 0 Å². The molecule has 3 aromatic carbocycles. The van der Waals surface area contributed by atoms with Crippen LogP contribution in [0.3, 0.4) is 0 Å². The van der Waals surface area contributed by atoms with Gasteiger partial charge in [-0.15, -0.1) is 0 Å². The fourth-order valence-electron chi connectivity index (χ4n) is 2.54. The zero-order valence-corrected chi connectivity index (χ0v) is 12.9. The second-order valence-corrected chi connectivity index (χ2v) is 5.89. The molecule has 0 heterocycles. The van der Waals surface area contributed by atoms with Gasteiger partial charge in [-0.05, 0) is 46.5 Å². The van der Waals surface area contributed by atoms with Gasteiger partial charge < -0.3 is 5.73 Å². The highest BCUT2D eigenvalue weighted by Crippen LogP contribution is 2.29. The highest BCUT2D eigenvalue weighted by atomic mass is 79.9. The molecule has 0 aliphatic rings. The van der Waals surface area contributed by atoms with E-state index in [9.17, 15) is 0 Å². The molecule has 0 bridgehead atoms. The molecule has 0 aliphatic carbocycles. The summed E-state index contributed by atoms with van der Waals surface area (Å²) in [6.45, 7) is 2.10. The molecule has 3 aromatic rings. The summed E-state index contributed by atoms with van der Waals surface area (Å²) in [6, 6.07) is 20.9. The molecule has 2 N–H and O–H groups in total. The molecule has 0 amide bonds. The fourth-order valence-corrected chi connectivity index (χ4v) is 2.92. The minimum absolute atomic E-state index is 0.0999. The first-order chi connectivity index (χ1) is 9.66. The van der Waals surface area contributed by atoms with Crippen molar-refractivity contribution in [2.45, 2.75) is 13.0 Å². The van der Waals surface area contributed by atoms with Crippen LogP contribution in [0, 0.1) is 6.92 Å². The van der Waals surface area contributed by atoms with Crippen molar-refractivity contribution < 1.29 is 0 Å². The van der Waals surface area contributed by atoms with Crippen LogP contribution in [0.25, 0.3) is 10.8 Å². The Morgan fingerprint density at radius 1 is 0.900 bits per heavy atom. The summed E-state index contributed by atoms with van der Waals surface area (Å²) in [5.41, 5.74) is 9.96. The van der Waals surface area contributed by atoms with E-state index in [4.69, 9.17) is 5.73 Å². The molecule has 0 aromatic heterocycles. The van der Waals surface area contributed by atoms with Crippen LogP contribution in [0.5, 0.6) is 0 Å². The van der Waals surface area contributed by atoms with E-state index in [-0.39, 0.29) is 6.04 Å². The van der Waals surface area contributed by atoms with Gasteiger partial charge in [0.05, 0.1) is 6.04 Å². The van der Waals surface area contributed by atoms with Crippen LogP contribution >= 0.6 is 15.9 Å². The molecule has 0 radical (unpaired) electrons. The molecule has 1 unspecified atom stereocenters. The first-order valence-electron chi connectivity index (χ1n) is 6.66. The summed E-state index contributed by atoms with van der Waals surface area (Å²) in [6.07, 6.45) is 0.